The Hall–Kier alpha value is -1.55. The molecule has 2 aromatic rings. The van der Waals surface area contributed by atoms with Gasteiger partial charge >= 0.3 is 0 Å². The number of nitrogens with zero attached hydrogens (tertiary/aromatic N) is 3. The van der Waals surface area contributed by atoms with E-state index in [0.29, 0.717) is 66.8 Å². The van der Waals surface area contributed by atoms with Crippen molar-refractivity contribution in [2.24, 2.45) is 0 Å². The predicted molar refractivity (Wildman–Crippen MR) is 103 cm³/mol. The fraction of sp³-hybridized carbons (Fsp3) is 0.471. The van der Waals surface area contributed by atoms with Gasteiger partial charge in [-0.15, -0.1) is 10.2 Å². The van der Waals surface area contributed by atoms with Crippen LogP contribution in [0.1, 0.15) is 5.82 Å². The second kappa shape index (κ2) is 12.0. The molecule has 1 aromatic heterocycles. The second-order valence-corrected chi connectivity index (χ2v) is 6.12. The fourth-order valence-corrected chi connectivity index (χ4v) is 2.45. The summed E-state index contributed by atoms with van der Waals surface area (Å²) < 4.78 is 21.0. The third kappa shape index (κ3) is 7.17. The molecule has 1 aromatic carbocycles. The molecule has 0 amide bonds. The molecule has 0 aliphatic rings. The van der Waals surface area contributed by atoms with Crippen molar-refractivity contribution in [1.29, 1.82) is 0 Å². The molecule has 0 unspecified atom stereocenters. The normalized spacial score (nSPS) is 11.1. The molecule has 0 fully saturated rings. The van der Waals surface area contributed by atoms with Crippen molar-refractivity contribution in [3.05, 3.63) is 34.1 Å². The van der Waals surface area contributed by atoms with Crippen molar-refractivity contribution in [3.63, 3.8) is 0 Å². The van der Waals surface area contributed by atoms with Crippen molar-refractivity contribution >= 4 is 29.0 Å². The summed E-state index contributed by atoms with van der Waals surface area (Å²) in [7, 11) is 1.63. The van der Waals surface area contributed by atoms with E-state index in [4.69, 9.17) is 47.9 Å². The van der Waals surface area contributed by atoms with E-state index in [1.54, 1.807) is 25.3 Å². The van der Waals surface area contributed by atoms with Crippen molar-refractivity contribution in [2.75, 3.05) is 52.5 Å². The van der Waals surface area contributed by atoms with Crippen LogP contribution in [-0.2, 0) is 25.6 Å². The lowest BCUT2D eigenvalue weighted by Crippen LogP contribution is -2.12. The van der Waals surface area contributed by atoms with E-state index in [2.05, 4.69) is 15.2 Å². The van der Waals surface area contributed by atoms with Gasteiger partial charge in [0.1, 0.15) is 12.3 Å². The topological polar surface area (TPSA) is 102 Å². The van der Waals surface area contributed by atoms with Crippen LogP contribution in [0.2, 0.25) is 10.0 Å². The number of aromatic nitrogens is 3. The van der Waals surface area contributed by atoms with Crippen LogP contribution in [0, 0.1) is 0 Å². The average molecular weight is 417 g/mol. The van der Waals surface area contributed by atoms with Crippen LogP contribution in [0.25, 0.3) is 11.3 Å². The minimum absolute atomic E-state index is 0.175. The minimum Gasteiger partial charge on any atom is -0.382 e. The lowest BCUT2D eigenvalue weighted by atomic mass is 10.1. The van der Waals surface area contributed by atoms with Gasteiger partial charge in [-0.2, -0.15) is 0 Å². The molecule has 2 N–H and O–H groups in total. The zero-order chi connectivity index (χ0) is 19.5. The van der Waals surface area contributed by atoms with E-state index in [9.17, 15) is 0 Å². The maximum Gasteiger partial charge on any atom is 0.178 e. The second-order valence-electron chi connectivity index (χ2n) is 5.33. The Morgan fingerprint density at radius 2 is 1.59 bits per heavy atom. The largest absolute Gasteiger partial charge is 0.382 e. The summed E-state index contributed by atoms with van der Waals surface area (Å²) in [6.07, 6.45) is 0. The van der Waals surface area contributed by atoms with Gasteiger partial charge in [-0.05, 0) is 6.07 Å². The summed E-state index contributed by atoms with van der Waals surface area (Å²) in [6.45, 7) is 3.14. The lowest BCUT2D eigenvalue weighted by Gasteiger charge is -2.09. The summed E-state index contributed by atoms with van der Waals surface area (Å²) in [5.41, 5.74) is 6.93. The minimum atomic E-state index is 0.175. The van der Waals surface area contributed by atoms with Crippen molar-refractivity contribution in [3.8, 4) is 11.3 Å². The molecule has 0 spiro atoms. The Labute approximate surface area is 167 Å². The van der Waals surface area contributed by atoms with E-state index >= 15 is 0 Å². The van der Waals surface area contributed by atoms with Crippen LogP contribution < -0.4 is 5.73 Å². The molecule has 0 aliphatic carbocycles. The number of nitrogens with two attached hydrogens (primary N) is 1. The Bertz CT molecular complexity index is 721. The third-order valence-electron chi connectivity index (χ3n) is 3.37. The van der Waals surface area contributed by atoms with Crippen LogP contribution in [0.4, 0.5) is 5.82 Å². The van der Waals surface area contributed by atoms with Gasteiger partial charge in [0.25, 0.3) is 0 Å². The Morgan fingerprint density at radius 1 is 0.926 bits per heavy atom. The van der Waals surface area contributed by atoms with Crippen LogP contribution in [-0.4, -0.2) is 61.9 Å². The Morgan fingerprint density at radius 3 is 2.26 bits per heavy atom. The molecule has 8 nitrogen and oxygen atoms in total. The van der Waals surface area contributed by atoms with Gasteiger partial charge in [0, 0.05) is 12.7 Å². The van der Waals surface area contributed by atoms with Crippen LogP contribution in [0.3, 0.4) is 0 Å². The number of hydrogen-bond donors (Lipinski definition) is 1. The van der Waals surface area contributed by atoms with Gasteiger partial charge in [0.05, 0.1) is 49.7 Å². The molecular weight excluding hydrogens is 395 g/mol. The highest BCUT2D eigenvalue weighted by atomic mass is 35.5. The smallest absolute Gasteiger partial charge is 0.178 e. The monoisotopic (exact) mass is 416 g/mol. The molecule has 0 aliphatic heterocycles. The van der Waals surface area contributed by atoms with Crippen molar-refractivity contribution < 1.29 is 18.9 Å². The number of anilines is 1. The molecule has 0 atom stereocenters. The molecule has 0 saturated carbocycles. The van der Waals surface area contributed by atoms with Crippen molar-refractivity contribution in [1.82, 2.24) is 15.2 Å². The fourth-order valence-electron chi connectivity index (χ4n) is 2.06. The molecule has 2 rings (SSSR count). The predicted octanol–water partition coefficient (Wildman–Crippen LogP) is 2.62. The Balaban J connectivity index is 1.72. The third-order valence-corrected chi connectivity index (χ3v) is 4.19. The molecule has 0 bridgehead atoms. The summed E-state index contributed by atoms with van der Waals surface area (Å²) in [5.74, 6) is 0.578. The van der Waals surface area contributed by atoms with Crippen molar-refractivity contribution in [2.45, 2.75) is 6.61 Å². The van der Waals surface area contributed by atoms with Crippen LogP contribution >= 0.6 is 23.2 Å². The molecule has 0 saturated heterocycles. The highest BCUT2D eigenvalue weighted by Crippen LogP contribution is 2.33. The van der Waals surface area contributed by atoms with Crippen LogP contribution in [0.15, 0.2) is 18.2 Å². The van der Waals surface area contributed by atoms with Gasteiger partial charge in [-0.1, -0.05) is 35.3 Å². The van der Waals surface area contributed by atoms with Gasteiger partial charge in [-0.3, -0.25) is 0 Å². The maximum absolute atomic E-state index is 6.18. The Kier molecular flexibility index (Phi) is 9.68. The lowest BCUT2D eigenvalue weighted by molar-refractivity contribution is -0.0000591. The first-order valence-electron chi connectivity index (χ1n) is 8.29. The zero-order valence-electron chi connectivity index (χ0n) is 15.0. The number of hydrogen-bond acceptors (Lipinski definition) is 8. The summed E-state index contributed by atoms with van der Waals surface area (Å²) in [5, 5.41) is 8.88. The average Bonchev–Trinajstić information content (AvgIpc) is 2.66. The number of nitrogen functional groups attached to an aromatic ring is 1. The summed E-state index contributed by atoms with van der Waals surface area (Å²) >= 11 is 12.2. The van der Waals surface area contributed by atoms with Gasteiger partial charge in [0.15, 0.2) is 11.6 Å². The highest BCUT2D eigenvalue weighted by Gasteiger charge is 2.13. The first-order chi connectivity index (χ1) is 13.1. The number of rotatable bonds is 12. The molecule has 148 valence electrons. The van der Waals surface area contributed by atoms with Crippen LogP contribution in [0.5, 0.6) is 0 Å². The maximum atomic E-state index is 6.18. The number of methoxy groups -OCH3 is 1. The highest BCUT2D eigenvalue weighted by molar-refractivity contribution is 6.43. The molecule has 1 heterocycles. The first-order valence-corrected chi connectivity index (χ1v) is 9.04. The molecule has 27 heavy (non-hydrogen) atoms. The quantitative estimate of drug-likeness (QED) is 0.526. The van der Waals surface area contributed by atoms with Gasteiger partial charge in [-0.25, -0.2) is 4.98 Å². The summed E-state index contributed by atoms with van der Waals surface area (Å²) in [6, 6.07) is 5.19. The number of benzene rings is 1. The van der Waals surface area contributed by atoms with Gasteiger partial charge in [0.2, 0.25) is 0 Å². The van der Waals surface area contributed by atoms with E-state index in [1.165, 1.54) is 0 Å². The van der Waals surface area contributed by atoms with E-state index in [1.807, 2.05) is 0 Å². The standard InChI is InChI=1S/C17H22Cl2N4O4/c1-24-5-6-25-7-8-26-9-10-27-11-14-21-17(20)16(23-22-14)12-3-2-4-13(18)15(12)19/h2-4H,5-11H2,1H3,(H2,20,21,22). The molecular formula is C17H22Cl2N4O4. The number of ether oxygens (including phenoxy) is 4. The van der Waals surface area contributed by atoms with E-state index in [0.717, 1.165) is 0 Å². The molecule has 0 radical (unpaired) electrons. The molecule has 10 heteroatoms. The van der Waals surface area contributed by atoms with E-state index < -0.39 is 0 Å². The summed E-state index contributed by atoms with van der Waals surface area (Å²) in [4.78, 5) is 4.20. The number of halogens is 2. The first kappa shape index (κ1) is 21.7. The SMILES string of the molecule is COCCOCCOCCOCc1nnc(-c2cccc(Cl)c2Cl)c(N)n1. The van der Waals surface area contributed by atoms with Gasteiger partial charge < -0.3 is 24.7 Å². The van der Waals surface area contributed by atoms with E-state index in [-0.39, 0.29) is 12.4 Å². The zero-order valence-corrected chi connectivity index (χ0v) is 16.5.